The van der Waals surface area contributed by atoms with Crippen LogP contribution in [0.15, 0.2) is 22.7 Å². The van der Waals surface area contributed by atoms with Crippen LogP contribution in [0.1, 0.15) is 19.4 Å². The fourth-order valence-electron chi connectivity index (χ4n) is 1.51. The first-order chi connectivity index (χ1) is 8.72. The highest BCUT2D eigenvalue weighted by atomic mass is 79.9. The molecule has 19 heavy (non-hydrogen) atoms. The van der Waals surface area contributed by atoms with E-state index in [4.69, 9.17) is 0 Å². The van der Waals surface area contributed by atoms with E-state index in [9.17, 15) is 10.1 Å². The molecule has 0 aromatic heterocycles. The summed E-state index contributed by atoms with van der Waals surface area (Å²) in [4.78, 5) is 12.6. The van der Waals surface area contributed by atoms with Crippen molar-refractivity contribution in [3.63, 3.8) is 0 Å². The largest absolute Gasteiger partial charge is 0.311 e. The number of nitrogens with zero attached hydrogens (tertiary/aromatic N) is 2. The van der Waals surface area contributed by atoms with E-state index in [0.717, 1.165) is 16.6 Å². The average Bonchev–Trinajstić information content (AvgIpc) is 2.27. The molecule has 0 heterocycles. The van der Waals surface area contributed by atoms with Gasteiger partial charge in [0.05, 0.1) is 4.92 Å². The Balaban J connectivity index is 2.66. The summed E-state index contributed by atoms with van der Waals surface area (Å²) in [5.74, 6) is 0. The molecule has 0 unspecified atom stereocenters. The summed E-state index contributed by atoms with van der Waals surface area (Å²) in [7, 11) is 4.07. The fraction of sp³-hybridized carbons (Fsp3) is 0.538. The van der Waals surface area contributed by atoms with Crippen LogP contribution in [0.4, 0.5) is 5.69 Å². The van der Waals surface area contributed by atoms with E-state index in [1.165, 1.54) is 6.07 Å². The maximum atomic E-state index is 10.8. The number of halogens is 1. The number of hydrogen-bond acceptors (Lipinski definition) is 4. The molecule has 0 saturated carbocycles. The van der Waals surface area contributed by atoms with Crippen molar-refractivity contribution in [2.24, 2.45) is 0 Å². The van der Waals surface area contributed by atoms with Gasteiger partial charge in [-0.25, -0.2) is 0 Å². The van der Waals surface area contributed by atoms with Gasteiger partial charge in [0.2, 0.25) is 0 Å². The molecular weight excluding hydrogens is 310 g/mol. The second-order valence-electron chi connectivity index (χ2n) is 5.39. The molecule has 6 heteroatoms. The first-order valence-electron chi connectivity index (χ1n) is 6.04. The molecule has 0 atom stereocenters. The lowest BCUT2D eigenvalue weighted by atomic mass is 10.0. The van der Waals surface area contributed by atoms with Gasteiger partial charge >= 0.3 is 0 Å². The summed E-state index contributed by atoms with van der Waals surface area (Å²) in [5.41, 5.74) is 1.05. The highest BCUT2D eigenvalue weighted by Crippen LogP contribution is 2.21. The first kappa shape index (κ1) is 16.1. The molecule has 0 spiro atoms. The van der Waals surface area contributed by atoms with Crippen LogP contribution < -0.4 is 5.32 Å². The van der Waals surface area contributed by atoms with Crippen LogP contribution in [0.2, 0.25) is 0 Å². The van der Waals surface area contributed by atoms with Gasteiger partial charge in [-0.05, 0) is 39.6 Å². The standard InChI is InChI=1S/C13H20BrN3O2/c1-13(2,16(3)4)9-15-8-10-5-11(14)7-12(6-10)17(18)19/h5-7,15H,8-9H2,1-4H3. The predicted molar refractivity (Wildman–Crippen MR) is 80.3 cm³/mol. The van der Waals surface area contributed by atoms with Gasteiger partial charge in [0.25, 0.3) is 5.69 Å². The van der Waals surface area contributed by atoms with Gasteiger partial charge in [-0.2, -0.15) is 0 Å². The highest BCUT2D eigenvalue weighted by molar-refractivity contribution is 9.10. The molecular formula is C13H20BrN3O2. The Bertz CT molecular complexity index is 461. The second kappa shape index (κ2) is 6.45. The molecule has 0 saturated heterocycles. The van der Waals surface area contributed by atoms with Gasteiger partial charge in [-0.15, -0.1) is 0 Å². The van der Waals surface area contributed by atoms with E-state index in [1.54, 1.807) is 6.07 Å². The molecule has 1 rings (SSSR count). The Hall–Kier alpha value is -0.980. The summed E-state index contributed by atoms with van der Waals surface area (Å²) in [6.07, 6.45) is 0. The van der Waals surface area contributed by atoms with Crippen LogP contribution in [0.5, 0.6) is 0 Å². The Kier molecular flexibility index (Phi) is 5.46. The van der Waals surface area contributed by atoms with E-state index in [1.807, 2.05) is 20.2 Å². The lowest BCUT2D eigenvalue weighted by Crippen LogP contribution is -2.46. The zero-order valence-corrected chi connectivity index (χ0v) is 13.3. The fourth-order valence-corrected chi connectivity index (χ4v) is 2.04. The summed E-state index contributed by atoms with van der Waals surface area (Å²) >= 11 is 3.30. The van der Waals surface area contributed by atoms with Gasteiger partial charge in [-0.3, -0.25) is 10.1 Å². The minimum atomic E-state index is -0.377. The number of nitro groups is 1. The number of nitro benzene ring substituents is 1. The number of nitrogens with one attached hydrogen (secondary N) is 1. The molecule has 0 fully saturated rings. The number of benzene rings is 1. The van der Waals surface area contributed by atoms with Gasteiger partial charge in [0, 0.05) is 35.2 Å². The first-order valence-corrected chi connectivity index (χ1v) is 6.84. The molecule has 1 aromatic rings. The maximum absolute atomic E-state index is 10.8. The van der Waals surface area contributed by atoms with E-state index in [0.29, 0.717) is 6.54 Å². The summed E-state index contributed by atoms with van der Waals surface area (Å²) in [6, 6.07) is 5.00. The number of hydrogen-bond donors (Lipinski definition) is 1. The number of rotatable bonds is 6. The van der Waals surface area contributed by atoms with E-state index in [-0.39, 0.29) is 16.1 Å². The second-order valence-corrected chi connectivity index (χ2v) is 6.30. The Morgan fingerprint density at radius 1 is 1.37 bits per heavy atom. The van der Waals surface area contributed by atoms with Crippen LogP contribution in [-0.2, 0) is 6.54 Å². The quantitative estimate of drug-likeness (QED) is 0.644. The SMILES string of the molecule is CN(C)C(C)(C)CNCc1cc(Br)cc([N+](=O)[O-])c1. The van der Waals surface area contributed by atoms with Crippen molar-refractivity contribution >= 4 is 21.6 Å². The molecule has 0 amide bonds. The van der Waals surface area contributed by atoms with Crippen molar-refractivity contribution < 1.29 is 4.92 Å². The van der Waals surface area contributed by atoms with Gasteiger partial charge < -0.3 is 10.2 Å². The Morgan fingerprint density at radius 3 is 2.53 bits per heavy atom. The zero-order valence-electron chi connectivity index (χ0n) is 11.7. The Morgan fingerprint density at radius 2 is 2.00 bits per heavy atom. The third-order valence-corrected chi connectivity index (χ3v) is 3.71. The summed E-state index contributed by atoms with van der Waals surface area (Å²) < 4.78 is 0.727. The molecule has 0 aliphatic heterocycles. The van der Waals surface area contributed by atoms with Gasteiger partial charge in [0.15, 0.2) is 0 Å². The molecule has 0 aliphatic carbocycles. The van der Waals surface area contributed by atoms with Crippen LogP contribution >= 0.6 is 15.9 Å². The topological polar surface area (TPSA) is 58.4 Å². The van der Waals surface area contributed by atoms with Crippen LogP contribution in [-0.4, -0.2) is 36.0 Å². The van der Waals surface area contributed by atoms with Crippen molar-refractivity contribution in [3.8, 4) is 0 Å². The molecule has 1 N–H and O–H groups in total. The summed E-state index contributed by atoms with van der Waals surface area (Å²) in [6.45, 7) is 5.70. The smallest absolute Gasteiger partial charge is 0.270 e. The molecule has 1 aromatic carbocycles. The molecule has 0 aliphatic rings. The lowest BCUT2D eigenvalue weighted by molar-refractivity contribution is -0.385. The van der Waals surface area contributed by atoms with Crippen molar-refractivity contribution in [2.75, 3.05) is 20.6 Å². The third kappa shape index (κ3) is 4.89. The minimum Gasteiger partial charge on any atom is -0.311 e. The minimum absolute atomic E-state index is 0.0396. The van der Waals surface area contributed by atoms with E-state index < -0.39 is 0 Å². The molecule has 106 valence electrons. The third-order valence-electron chi connectivity index (χ3n) is 3.25. The van der Waals surface area contributed by atoms with E-state index in [2.05, 4.69) is 40.0 Å². The van der Waals surface area contributed by atoms with Crippen LogP contribution in [0, 0.1) is 10.1 Å². The van der Waals surface area contributed by atoms with E-state index >= 15 is 0 Å². The summed E-state index contributed by atoms with van der Waals surface area (Å²) in [5, 5.41) is 14.1. The molecule has 5 nitrogen and oxygen atoms in total. The highest BCUT2D eigenvalue weighted by Gasteiger charge is 2.19. The van der Waals surface area contributed by atoms with Crippen molar-refractivity contribution in [3.05, 3.63) is 38.3 Å². The van der Waals surface area contributed by atoms with Crippen molar-refractivity contribution in [1.82, 2.24) is 10.2 Å². The predicted octanol–water partition coefficient (Wildman–Crippen LogP) is 2.79. The number of non-ortho nitro benzene ring substituents is 1. The van der Waals surface area contributed by atoms with Crippen molar-refractivity contribution in [2.45, 2.75) is 25.9 Å². The zero-order chi connectivity index (χ0) is 14.6. The molecule has 0 bridgehead atoms. The average molecular weight is 330 g/mol. The Labute approximate surface area is 122 Å². The van der Waals surface area contributed by atoms with Crippen molar-refractivity contribution in [1.29, 1.82) is 0 Å². The van der Waals surface area contributed by atoms with Crippen LogP contribution in [0.25, 0.3) is 0 Å². The number of likely N-dealkylation sites (N-methyl/N-ethyl adjacent to an activating group) is 1. The molecule has 0 radical (unpaired) electrons. The van der Waals surface area contributed by atoms with Gasteiger partial charge in [-0.1, -0.05) is 15.9 Å². The van der Waals surface area contributed by atoms with Crippen LogP contribution in [0.3, 0.4) is 0 Å². The normalized spacial score (nSPS) is 11.9. The van der Waals surface area contributed by atoms with Gasteiger partial charge in [0.1, 0.15) is 0 Å². The maximum Gasteiger partial charge on any atom is 0.270 e. The monoisotopic (exact) mass is 329 g/mol. The lowest BCUT2D eigenvalue weighted by Gasteiger charge is -2.32.